The van der Waals surface area contributed by atoms with Crippen LogP contribution in [0.25, 0.3) is 0 Å². The molecule has 0 saturated carbocycles. The molecule has 13 heavy (non-hydrogen) atoms. The molecule has 0 radical (unpaired) electrons. The highest BCUT2D eigenvalue weighted by molar-refractivity contribution is 5.88. The Morgan fingerprint density at radius 2 is 2.00 bits per heavy atom. The Kier molecular flexibility index (Phi) is 1.36. The zero-order valence-corrected chi connectivity index (χ0v) is 8.05. The van der Waals surface area contributed by atoms with E-state index in [1.807, 2.05) is 11.9 Å². The normalized spacial score (nSPS) is 48.4. The number of hydrogen-bond acceptors (Lipinski definition) is 2. The van der Waals surface area contributed by atoms with Crippen LogP contribution in [-0.2, 0) is 4.79 Å². The minimum absolute atomic E-state index is 0.0613. The molecule has 0 aromatic carbocycles. The van der Waals surface area contributed by atoms with Crippen molar-refractivity contribution in [3.63, 3.8) is 0 Å². The third-order valence-electron chi connectivity index (χ3n) is 3.95. The molecule has 72 valence electrons. The number of hydrogen-bond donors (Lipinski definition) is 1. The first kappa shape index (κ1) is 7.80. The second-order valence-electron chi connectivity index (χ2n) is 4.99. The molecular formula is C10H16N2O. The Morgan fingerprint density at radius 3 is 2.46 bits per heavy atom. The molecule has 1 spiro atoms. The van der Waals surface area contributed by atoms with Crippen molar-refractivity contribution in [1.29, 1.82) is 0 Å². The molecule has 3 saturated heterocycles. The van der Waals surface area contributed by atoms with E-state index in [0.717, 1.165) is 19.4 Å². The van der Waals surface area contributed by atoms with Gasteiger partial charge in [0.1, 0.15) is 0 Å². The maximum atomic E-state index is 11.8. The van der Waals surface area contributed by atoms with Gasteiger partial charge in [-0.2, -0.15) is 0 Å². The van der Waals surface area contributed by atoms with E-state index in [-0.39, 0.29) is 5.41 Å². The van der Waals surface area contributed by atoms with Crippen LogP contribution in [0.4, 0.5) is 0 Å². The van der Waals surface area contributed by atoms with Gasteiger partial charge in [-0.15, -0.1) is 0 Å². The Labute approximate surface area is 78.5 Å². The first-order valence-corrected chi connectivity index (χ1v) is 5.21. The van der Waals surface area contributed by atoms with E-state index in [1.54, 1.807) is 0 Å². The minimum atomic E-state index is 0.0613. The van der Waals surface area contributed by atoms with Gasteiger partial charge in [0.2, 0.25) is 5.91 Å². The third kappa shape index (κ3) is 0.909. The van der Waals surface area contributed by atoms with E-state index < -0.39 is 0 Å². The average molecular weight is 180 g/mol. The standard InChI is InChI=1S/C10H16N2O/c1-12-6-10(9(12)13)4-7-2-3-8(5-10)11-7/h7-8,11H,2-6H2,1H3. The van der Waals surface area contributed by atoms with Gasteiger partial charge in [-0.25, -0.2) is 0 Å². The molecular weight excluding hydrogens is 164 g/mol. The van der Waals surface area contributed by atoms with Crippen molar-refractivity contribution in [2.24, 2.45) is 5.41 Å². The SMILES string of the molecule is CN1CC2(CC3CCC(C2)N3)C1=O. The zero-order chi connectivity index (χ0) is 9.05. The molecule has 3 aliphatic heterocycles. The van der Waals surface area contributed by atoms with Gasteiger partial charge in [-0.05, 0) is 25.7 Å². The number of carbonyl (C=O) groups excluding carboxylic acids is 1. The molecule has 1 amide bonds. The summed E-state index contributed by atoms with van der Waals surface area (Å²) < 4.78 is 0. The topological polar surface area (TPSA) is 32.3 Å². The van der Waals surface area contributed by atoms with Crippen molar-refractivity contribution in [3.8, 4) is 0 Å². The number of amides is 1. The summed E-state index contributed by atoms with van der Waals surface area (Å²) in [4.78, 5) is 13.6. The molecule has 0 aromatic heterocycles. The smallest absolute Gasteiger partial charge is 0.230 e. The van der Waals surface area contributed by atoms with Crippen LogP contribution in [0, 0.1) is 5.41 Å². The number of nitrogens with zero attached hydrogens (tertiary/aromatic N) is 1. The molecule has 3 nitrogen and oxygen atoms in total. The van der Waals surface area contributed by atoms with Crippen LogP contribution in [0.1, 0.15) is 25.7 Å². The van der Waals surface area contributed by atoms with Crippen molar-refractivity contribution >= 4 is 5.91 Å². The molecule has 3 heterocycles. The second-order valence-corrected chi connectivity index (χ2v) is 4.99. The monoisotopic (exact) mass is 180 g/mol. The van der Waals surface area contributed by atoms with Crippen LogP contribution in [0.2, 0.25) is 0 Å². The number of nitrogens with one attached hydrogen (secondary N) is 1. The highest BCUT2D eigenvalue weighted by Crippen LogP contribution is 2.46. The second kappa shape index (κ2) is 2.27. The molecule has 1 N–H and O–H groups in total. The van der Waals surface area contributed by atoms with E-state index in [0.29, 0.717) is 18.0 Å². The summed E-state index contributed by atoms with van der Waals surface area (Å²) >= 11 is 0. The molecule has 3 rings (SSSR count). The van der Waals surface area contributed by atoms with Crippen LogP contribution in [0.3, 0.4) is 0 Å². The molecule has 3 fully saturated rings. The summed E-state index contributed by atoms with van der Waals surface area (Å²) in [5.41, 5.74) is 0.0613. The molecule has 0 aliphatic carbocycles. The number of carbonyl (C=O) groups is 1. The molecule has 3 aliphatic rings. The molecule has 3 heteroatoms. The van der Waals surface area contributed by atoms with Gasteiger partial charge in [-0.1, -0.05) is 0 Å². The lowest BCUT2D eigenvalue weighted by molar-refractivity contribution is -0.161. The summed E-state index contributed by atoms with van der Waals surface area (Å²) in [5.74, 6) is 0.394. The highest BCUT2D eigenvalue weighted by atomic mass is 16.2. The van der Waals surface area contributed by atoms with Gasteiger partial charge in [0.25, 0.3) is 0 Å². The fraction of sp³-hybridized carbons (Fsp3) is 0.900. The summed E-state index contributed by atoms with van der Waals surface area (Å²) in [6.07, 6.45) is 4.74. The summed E-state index contributed by atoms with van der Waals surface area (Å²) in [6.45, 7) is 1.00. The first-order valence-electron chi connectivity index (χ1n) is 5.21. The van der Waals surface area contributed by atoms with Gasteiger partial charge < -0.3 is 10.2 Å². The fourth-order valence-corrected chi connectivity index (χ4v) is 3.46. The Bertz CT molecular complexity index is 252. The van der Waals surface area contributed by atoms with Gasteiger partial charge in [-0.3, -0.25) is 4.79 Å². The van der Waals surface area contributed by atoms with Gasteiger partial charge in [0.15, 0.2) is 0 Å². The Hall–Kier alpha value is -0.570. The third-order valence-corrected chi connectivity index (χ3v) is 3.95. The lowest BCUT2D eigenvalue weighted by atomic mass is 9.69. The average Bonchev–Trinajstić information content (AvgIpc) is 2.46. The largest absolute Gasteiger partial charge is 0.344 e. The Balaban J connectivity index is 1.83. The van der Waals surface area contributed by atoms with E-state index in [1.165, 1.54) is 12.8 Å². The van der Waals surface area contributed by atoms with Crippen molar-refractivity contribution < 1.29 is 4.79 Å². The van der Waals surface area contributed by atoms with Crippen molar-refractivity contribution in [3.05, 3.63) is 0 Å². The predicted molar refractivity (Wildman–Crippen MR) is 49.2 cm³/mol. The summed E-state index contributed by atoms with van der Waals surface area (Å²) in [6, 6.07) is 1.27. The van der Waals surface area contributed by atoms with E-state index in [4.69, 9.17) is 0 Å². The summed E-state index contributed by atoms with van der Waals surface area (Å²) in [7, 11) is 1.91. The Morgan fingerprint density at radius 1 is 1.38 bits per heavy atom. The van der Waals surface area contributed by atoms with E-state index in [9.17, 15) is 4.79 Å². The number of β-lactam (4-membered cyclic amide) rings is 1. The van der Waals surface area contributed by atoms with Crippen LogP contribution in [-0.4, -0.2) is 36.5 Å². The highest BCUT2D eigenvalue weighted by Gasteiger charge is 2.55. The number of fused-ring (bicyclic) bond motifs is 2. The minimum Gasteiger partial charge on any atom is -0.344 e. The maximum absolute atomic E-state index is 11.8. The quantitative estimate of drug-likeness (QED) is 0.546. The number of rotatable bonds is 0. The van der Waals surface area contributed by atoms with Crippen LogP contribution in [0.5, 0.6) is 0 Å². The van der Waals surface area contributed by atoms with Crippen molar-refractivity contribution in [2.45, 2.75) is 37.8 Å². The molecule has 0 aromatic rings. The van der Waals surface area contributed by atoms with E-state index in [2.05, 4.69) is 5.32 Å². The molecule has 2 unspecified atom stereocenters. The van der Waals surface area contributed by atoms with Crippen LogP contribution < -0.4 is 5.32 Å². The number of likely N-dealkylation sites (tertiary alicyclic amines) is 1. The van der Waals surface area contributed by atoms with Crippen molar-refractivity contribution in [1.82, 2.24) is 10.2 Å². The number of piperidine rings is 1. The zero-order valence-electron chi connectivity index (χ0n) is 8.05. The lowest BCUT2D eigenvalue weighted by Gasteiger charge is -2.51. The molecule has 2 bridgehead atoms. The summed E-state index contributed by atoms with van der Waals surface area (Å²) in [5, 5.41) is 3.58. The van der Waals surface area contributed by atoms with Gasteiger partial charge in [0.05, 0.1) is 5.41 Å². The predicted octanol–water partition coefficient (Wildman–Crippen LogP) is 0.359. The lowest BCUT2D eigenvalue weighted by Crippen LogP contribution is -2.64. The van der Waals surface area contributed by atoms with Crippen LogP contribution in [0.15, 0.2) is 0 Å². The fourth-order valence-electron chi connectivity index (χ4n) is 3.46. The first-order chi connectivity index (χ1) is 6.20. The van der Waals surface area contributed by atoms with Crippen molar-refractivity contribution in [2.75, 3.05) is 13.6 Å². The van der Waals surface area contributed by atoms with E-state index >= 15 is 0 Å². The van der Waals surface area contributed by atoms with Gasteiger partial charge >= 0.3 is 0 Å². The molecule has 2 atom stereocenters. The van der Waals surface area contributed by atoms with Crippen LogP contribution >= 0.6 is 0 Å². The van der Waals surface area contributed by atoms with Gasteiger partial charge in [0, 0.05) is 25.7 Å². The maximum Gasteiger partial charge on any atom is 0.230 e.